The first-order chi connectivity index (χ1) is 7.52. The molecule has 0 spiro atoms. The smallest absolute Gasteiger partial charge is 0.303 e. The molecule has 0 aromatic heterocycles. The Morgan fingerprint density at radius 2 is 2.06 bits per heavy atom. The third kappa shape index (κ3) is 3.23. The molecule has 0 amide bonds. The summed E-state index contributed by atoms with van der Waals surface area (Å²) in [6.07, 6.45) is 2.78. The van der Waals surface area contributed by atoms with Gasteiger partial charge in [0.25, 0.3) is 0 Å². The van der Waals surface area contributed by atoms with Crippen molar-refractivity contribution in [3.8, 4) is 0 Å². The molecular weight excluding hydrogens is 200 g/mol. The van der Waals surface area contributed by atoms with Crippen LogP contribution in [0.5, 0.6) is 0 Å². The molecule has 1 aromatic carbocycles. The second-order valence-electron chi connectivity index (χ2n) is 4.07. The van der Waals surface area contributed by atoms with Crippen LogP contribution in [0.15, 0.2) is 24.3 Å². The summed E-state index contributed by atoms with van der Waals surface area (Å²) in [7, 11) is 0. The molecule has 1 rings (SSSR count). The van der Waals surface area contributed by atoms with Crippen molar-refractivity contribution in [1.29, 1.82) is 0 Å². The van der Waals surface area contributed by atoms with Gasteiger partial charge in [0.15, 0.2) is 0 Å². The Hall–Kier alpha value is -1.57. The summed E-state index contributed by atoms with van der Waals surface area (Å²) >= 11 is 0. The summed E-state index contributed by atoms with van der Waals surface area (Å²) < 4.78 is 0. The zero-order valence-electron chi connectivity index (χ0n) is 10.1. The van der Waals surface area contributed by atoms with Crippen molar-refractivity contribution >= 4 is 11.5 Å². The number of hydrogen-bond acceptors (Lipinski definition) is 1. The minimum atomic E-state index is -0.745. The first-order valence-corrected chi connectivity index (χ1v) is 5.47. The van der Waals surface area contributed by atoms with Crippen LogP contribution in [0, 0.1) is 13.8 Å². The molecule has 0 aliphatic carbocycles. The highest BCUT2D eigenvalue weighted by molar-refractivity contribution is 5.69. The predicted molar refractivity (Wildman–Crippen MR) is 66.4 cm³/mol. The second-order valence-corrected chi connectivity index (χ2v) is 4.07. The van der Waals surface area contributed by atoms with E-state index < -0.39 is 5.97 Å². The van der Waals surface area contributed by atoms with Crippen molar-refractivity contribution in [3.63, 3.8) is 0 Å². The van der Waals surface area contributed by atoms with Crippen LogP contribution in [0.25, 0.3) is 5.57 Å². The summed E-state index contributed by atoms with van der Waals surface area (Å²) in [5.74, 6) is -0.745. The van der Waals surface area contributed by atoms with Crippen molar-refractivity contribution in [2.45, 2.75) is 33.6 Å². The first kappa shape index (κ1) is 12.5. The van der Waals surface area contributed by atoms with Gasteiger partial charge in [-0.05, 0) is 49.5 Å². The molecule has 2 heteroatoms. The van der Waals surface area contributed by atoms with E-state index in [9.17, 15) is 4.79 Å². The van der Waals surface area contributed by atoms with Gasteiger partial charge in [-0.1, -0.05) is 24.3 Å². The van der Waals surface area contributed by atoms with Crippen LogP contribution >= 0.6 is 0 Å². The zero-order valence-corrected chi connectivity index (χ0v) is 10.1. The lowest BCUT2D eigenvalue weighted by atomic mass is 9.97. The van der Waals surface area contributed by atoms with Crippen LogP contribution in [-0.4, -0.2) is 11.1 Å². The first-order valence-electron chi connectivity index (χ1n) is 5.47. The van der Waals surface area contributed by atoms with E-state index in [2.05, 4.69) is 26.0 Å². The van der Waals surface area contributed by atoms with E-state index in [4.69, 9.17) is 5.11 Å². The number of carboxylic acids is 1. The quantitative estimate of drug-likeness (QED) is 0.838. The summed E-state index contributed by atoms with van der Waals surface area (Å²) in [5, 5.41) is 8.57. The molecule has 0 aliphatic rings. The molecule has 1 N–H and O–H groups in total. The summed E-state index contributed by atoms with van der Waals surface area (Å²) in [5.41, 5.74) is 4.91. The summed E-state index contributed by atoms with van der Waals surface area (Å²) in [6.45, 7) is 6.21. The lowest BCUT2D eigenvalue weighted by molar-refractivity contribution is -0.136. The van der Waals surface area contributed by atoms with Gasteiger partial charge in [-0.2, -0.15) is 0 Å². The van der Waals surface area contributed by atoms with Crippen molar-refractivity contribution in [2.24, 2.45) is 0 Å². The molecule has 0 heterocycles. The largest absolute Gasteiger partial charge is 0.481 e. The zero-order chi connectivity index (χ0) is 12.1. The van der Waals surface area contributed by atoms with Crippen LogP contribution in [-0.2, 0) is 4.79 Å². The highest BCUT2D eigenvalue weighted by atomic mass is 16.4. The van der Waals surface area contributed by atoms with E-state index in [1.54, 1.807) is 0 Å². The van der Waals surface area contributed by atoms with Crippen molar-refractivity contribution in [2.75, 3.05) is 0 Å². The third-order valence-electron chi connectivity index (χ3n) is 2.84. The molecule has 0 fully saturated rings. The van der Waals surface area contributed by atoms with Gasteiger partial charge in [0, 0.05) is 6.42 Å². The fourth-order valence-corrected chi connectivity index (χ4v) is 1.70. The monoisotopic (exact) mass is 218 g/mol. The van der Waals surface area contributed by atoms with Crippen LogP contribution in [0.4, 0.5) is 0 Å². The van der Waals surface area contributed by atoms with Crippen LogP contribution in [0.2, 0.25) is 0 Å². The van der Waals surface area contributed by atoms with Crippen LogP contribution in [0.1, 0.15) is 36.5 Å². The highest BCUT2D eigenvalue weighted by Gasteiger charge is 2.02. The van der Waals surface area contributed by atoms with Gasteiger partial charge in [-0.15, -0.1) is 0 Å². The van der Waals surface area contributed by atoms with Gasteiger partial charge in [-0.3, -0.25) is 4.79 Å². The van der Waals surface area contributed by atoms with Crippen molar-refractivity contribution in [3.05, 3.63) is 41.0 Å². The Kier molecular flexibility index (Phi) is 4.29. The van der Waals surface area contributed by atoms with Crippen LogP contribution < -0.4 is 0 Å². The predicted octanol–water partition coefficient (Wildman–Crippen LogP) is 3.57. The number of carboxylic acid groups (broad SMARTS) is 1. The molecule has 0 aliphatic heterocycles. The molecule has 0 saturated heterocycles. The molecule has 86 valence electrons. The van der Waals surface area contributed by atoms with Crippen molar-refractivity contribution < 1.29 is 9.90 Å². The maximum atomic E-state index is 10.4. The lowest BCUT2D eigenvalue weighted by Crippen LogP contribution is -1.93. The van der Waals surface area contributed by atoms with E-state index in [0.717, 1.165) is 5.57 Å². The number of aryl methyl sites for hydroxylation is 1. The molecule has 1 aromatic rings. The number of allylic oxidation sites excluding steroid dienone is 2. The van der Waals surface area contributed by atoms with E-state index in [-0.39, 0.29) is 6.42 Å². The summed E-state index contributed by atoms with van der Waals surface area (Å²) in [6, 6.07) is 6.20. The maximum absolute atomic E-state index is 10.4. The van der Waals surface area contributed by atoms with Gasteiger partial charge in [0.2, 0.25) is 0 Å². The number of rotatable bonds is 4. The number of carbonyl (C=O) groups is 1. The summed E-state index contributed by atoms with van der Waals surface area (Å²) in [4.78, 5) is 10.4. The standard InChI is InChI=1S/C14H18O2/c1-10-6-4-8-13(12(10)3)11(2)7-5-9-14(15)16/h4,6-8H,5,9H2,1-3H3,(H,15,16)/b11-7+. The average Bonchev–Trinajstić information content (AvgIpc) is 2.21. The fourth-order valence-electron chi connectivity index (χ4n) is 1.70. The average molecular weight is 218 g/mol. The Labute approximate surface area is 96.6 Å². The molecule has 2 nitrogen and oxygen atoms in total. The van der Waals surface area contributed by atoms with Gasteiger partial charge >= 0.3 is 5.97 Å². The van der Waals surface area contributed by atoms with Gasteiger partial charge in [-0.25, -0.2) is 0 Å². The van der Waals surface area contributed by atoms with Crippen LogP contribution in [0.3, 0.4) is 0 Å². The van der Waals surface area contributed by atoms with E-state index in [0.29, 0.717) is 6.42 Å². The number of benzene rings is 1. The molecule has 0 radical (unpaired) electrons. The Morgan fingerprint density at radius 3 is 2.69 bits per heavy atom. The second kappa shape index (κ2) is 5.50. The Morgan fingerprint density at radius 1 is 1.38 bits per heavy atom. The Balaban J connectivity index is 2.83. The molecule has 0 bridgehead atoms. The van der Waals surface area contributed by atoms with E-state index in [1.807, 2.05) is 19.1 Å². The van der Waals surface area contributed by atoms with Gasteiger partial charge < -0.3 is 5.11 Å². The lowest BCUT2D eigenvalue weighted by Gasteiger charge is -2.08. The third-order valence-corrected chi connectivity index (χ3v) is 2.84. The molecular formula is C14H18O2. The van der Waals surface area contributed by atoms with E-state index >= 15 is 0 Å². The normalized spacial score (nSPS) is 11.6. The minimum absolute atomic E-state index is 0.197. The molecule has 0 saturated carbocycles. The number of hydrogen-bond donors (Lipinski definition) is 1. The SMILES string of the molecule is C/C(=C\CCC(=O)O)c1cccc(C)c1C. The maximum Gasteiger partial charge on any atom is 0.303 e. The fraction of sp³-hybridized carbons (Fsp3) is 0.357. The van der Waals surface area contributed by atoms with Gasteiger partial charge in [0.1, 0.15) is 0 Å². The topological polar surface area (TPSA) is 37.3 Å². The number of aliphatic carboxylic acids is 1. The minimum Gasteiger partial charge on any atom is -0.481 e. The highest BCUT2D eigenvalue weighted by Crippen LogP contribution is 2.21. The molecule has 0 unspecified atom stereocenters. The molecule has 0 atom stereocenters. The molecule has 16 heavy (non-hydrogen) atoms. The Bertz CT molecular complexity index is 417. The van der Waals surface area contributed by atoms with Crippen molar-refractivity contribution in [1.82, 2.24) is 0 Å². The van der Waals surface area contributed by atoms with E-state index in [1.165, 1.54) is 16.7 Å². The van der Waals surface area contributed by atoms with Gasteiger partial charge in [0.05, 0.1) is 0 Å².